The maximum atomic E-state index is 11.8. The van der Waals surface area contributed by atoms with E-state index in [0.717, 1.165) is 12.1 Å². The minimum atomic E-state index is -0.453. The first kappa shape index (κ1) is 18.2. The number of nitrogens with zero attached hydrogens (tertiary/aromatic N) is 2. The fourth-order valence-electron chi connectivity index (χ4n) is 1.96. The molecule has 0 unspecified atom stereocenters. The van der Waals surface area contributed by atoms with Gasteiger partial charge < -0.3 is 15.6 Å². The normalized spacial score (nSPS) is 11.8. The van der Waals surface area contributed by atoms with Crippen molar-refractivity contribution in [3.63, 3.8) is 0 Å². The Morgan fingerprint density at radius 1 is 1.27 bits per heavy atom. The SMILES string of the molecule is CC(C)[C@H](N)C(=O)NCc1ccc(Cn2ccnc2)cc1.Cl. The molecule has 120 valence electrons. The number of aromatic nitrogens is 2. The number of carbonyl (C=O) groups is 1. The molecule has 1 aromatic heterocycles. The summed E-state index contributed by atoms with van der Waals surface area (Å²) in [6, 6.07) is 7.71. The van der Waals surface area contributed by atoms with Gasteiger partial charge in [-0.15, -0.1) is 12.4 Å². The lowest BCUT2D eigenvalue weighted by atomic mass is 10.0. The summed E-state index contributed by atoms with van der Waals surface area (Å²) in [6.45, 7) is 5.18. The summed E-state index contributed by atoms with van der Waals surface area (Å²) in [5.41, 5.74) is 8.06. The van der Waals surface area contributed by atoms with E-state index in [2.05, 4.69) is 22.4 Å². The van der Waals surface area contributed by atoms with Gasteiger partial charge in [0, 0.05) is 25.5 Å². The zero-order valence-electron chi connectivity index (χ0n) is 12.9. The third kappa shape index (κ3) is 5.16. The smallest absolute Gasteiger partial charge is 0.237 e. The van der Waals surface area contributed by atoms with Crippen LogP contribution < -0.4 is 11.1 Å². The van der Waals surface area contributed by atoms with Crippen LogP contribution in [0, 0.1) is 5.92 Å². The number of nitrogens with two attached hydrogens (primary N) is 1. The van der Waals surface area contributed by atoms with E-state index >= 15 is 0 Å². The van der Waals surface area contributed by atoms with Crippen molar-refractivity contribution >= 4 is 18.3 Å². The largest absolute Gasteiger partial charge is 0.351 e. The zero-order valence-corrected chi connectivity index (χ0v) is 13.7. The molecule has 1 amide bonds. The van der Waals surface area contributed by atoms with Crippen molar-refractivity contribution < 1.29 is 4.79 Å². The molecule has 2 aromatic rings. The average molecular weight is 323 g/mol. The van der Waals surface area contributed by atoms with Gasteiger partial charge in [0.25, 0.3) is 0 Å². The minimum absolute atomic E-state index is 0. The summed E-state index contributed by atoms with van der Waals surface area (Å²) >= 11 is 0. The summed E-state index contributed by atoms with van der Waals surface area (Å²) in [6.07, 6.45) is 5.49. The fraction of sp³-hybridized carbons (Fsp3) is 0.375. The molecule has 0 aliphatic carbocycles. The van der Waals surface area contributed by atoms with Gasteiger partial charge >= 0.3 is 0 Å². The van der Waals surface area contributed by atoms with Crippen LogP contribution in [0.3, 0.4) is 0 Å². The fourth-order valence-corrected chi connectivity index (χ4v) is 1.96. The van der Waals surface area contributed by atoms with Crippen LogP contribution in [-0.2, 0) is 17.9 Å². The highest BCUT2D eigenvalue weighted by molar-refractivity contribution is 5.85. The average Bonchev–Trinajstić information content (AvgIpc) is 2.98. The first-order valence-corrected chi connectivity index (χ1v) is 7.13. The van der Waals surface area contributed by atoms with Gasteiger partial charge in [-0.1, -0.05) is 38.1 Å². The molecule has 1 aromatic carbocycles. The molecule has 0 spiro atoms. The Kier molecular flexibility index (Phi) is 7.08. The van der Waals surface area contributed by atoms with E-state index in [1.165, 1.54) is 5.56 Å². The molecular weight excluding hydrogens is 300 g/mol. The molecule has 0 saturated heterocycles. The van der Waals surface area contributed by atoms with Crippen LogP contribution in [0.1, 0.15) is 25.0 Å². The van der Waals surface area contributed by atoms with E-state index in [9.17, 15) is 4.79 Å². The van der Waals surface area contributed by atoms with Crippen molar-refractivity contribution in [2.45, 2.75) is 33.0 Å². The highest BCUT2D eigenvalue weighted by Gasteiger charge is 2.16. The van der Waals surface area contributed by atoms with Crippen LogP contribution in [0.4, 0.5) is 0 Å². The van der Waals surface area contributed by atoms with E-state index in [-0.39, 0.29) is 24.2 Å². The van der Waals surface area contributed by atoms with Crippen molar-refractivity contribution in [1.82, 2.24) is 14.9 Å². The molecular formula is C16H23ClN4O. The molecule has 1 heterocycles. The number of hydrogen-bond acceptors (Lipinski definition) is 3. The first-order chi connectivity index (χ1) is 10.1. The molecule has 0 fully saturated rings. The maximum absolute atomic E-state index is 11.8. The van der Waals surface area contributed by atoms with E-state index in [1.807, 2.05) is 36.7 Å². The predicted molar refractivity (Wildman–Crippen MR) is 89.7 cm³/mol. The van der Waals surface area contributed by atoms with Gasteiger partial charge in [0.1, 0.15) is 0 Å². The second kappa shape index (κ2) is 8.56. The van der Waals surface area contributed by atoms with E-state index in [0.29, 0.717) is 6.54 Å². The topological polar surface area (TPSA) is 72.9 Å². The number of benzene rings is 1. The standard InChI is InChI=1S/C16H22N4O.ClH/c1-12(2)15(17)16(21)19-9-13-3-5-14(6-4-13)10-20-8-7-18-11-20;/h3-8,11-12,15H,9-10,17H2,1-2H3,(H,19,21);1H/t15-;/m0./s1. The second-order valence-electron chi connectivity index (χ2n) is 5.54. The summed E-state index contributed by atoms with van der Waals surface area (Å²) in [5, 5.41) is 2.87. The molecule has 6 heteroatoms. The van der Waals surface area contributed by atoms with Crippen LogP contribution >= 0.6 is 12.4 Å². The Morgan fingerprint density at radius 3 is 2.45 bits per heavy atom. The number of imidazole rings is 1. The first-order valence-electron chi connectivity index (χ1n) is 7.13. The molecule has 5 nitrogen and oxygen atoms in total. The number of hydrogen-bond donors (Lipinski definition) is 2. The van der Waals surface area contributed by atoms with Crippen LogP contribution in [-0.4, -0.2) is 21.5 Å². The molecule has 22 heavy (non-hydrogen) atoms. The zero-order chi connectivity index (χ0) is 15.2. The van der Waals surface area contributed by atoms with Crippen molar-refractivity contribution in [2.75, 3.05) is 0 Å². The third-order valence-electron chi connectivity index (χ3n) is 3.44. The lowest BCUT2D eigenvalue weighted by Gasteiger charge is -2.15. The summed E-state index contributed by atoms with van der Waals surface area (Å²) < 4.78 is 2.01. The molecule has 1 atom stereocenters. The summed E-state index contributed by atoms with van der Waals surface area (Å²) in [4.78, 5) is 15.8. The van der Waals surface area contributed by atoms with Gasteiger partial charge in [0.05, 0.1) is 12.4 Å². The van der Waals surface area contributed by atoms with Crippen LogP contribution in [0.5, 0.6) is 0 Å². The molecule has 0 saturated carbocycles. The quantitative estimate of drug-likeness (QED) is 0.853. The summed E-state index contributed by atoms with van der Waals surface area (Å²) in [7, 11) is 0. The minimum Gasteiger partial charge on any atom is -0.351 e. The van der Waals surface area contributed by atoms with Crippen molar-refractivity contribution in [3.05, 3.63) is 54.1 Å². The molecule has 3 N–H and O–H groups in total. The third-order valence-corrected chi connectivity index (χ3v) is 3.44. The van der Waals surface area contributed by atoms with Crippen LogP contribution in [0.15, 0.2) is 43.0 Å². The van der Waals surface area contributed by atoms with Gasteiger partial charge in [0.15, 0.2) is 0 Å². The number of amides is 1. The number of halogens is 1. The van der Waals surface area contributed by atoms with Gasteiger partial charge in [-0.2, -0.15) is 0 Å². The number of nitrogens with one attached hydrogen (secondary N) is 1. The van der Waals surface area contributed by atoms with Gasteiger partial charge in [-0.25, -0.2) is 4.98 Å². The van der Waals surface area contributed by atoms with Crippen LogP contribution in [0.2, 0.25) is 0 Å². The molecule has 0 radical (unpaired) electrons. The lowest BCUT2D eigenvalue weighted by molar-refractivity contribution is -0.123. The van der Waals surface area contributed by atoms with Crippen LogP contribution in [0.25, 0.3) is 0 Å². The number of carbonyl (C=O) groups excluding carboxylic acids is 1. The number of rotatable bonds is 6. The molecule has 2 rings (SSSR count). The molecule has 0 aliphatic rings. The van der Waals surface area contributed by atoms with Crippen molar-refractivity contribution in [1.29, 1.82) is 0 Å². The highest BCUT2D eigenvalue weighted by Crippen LogP contribution is 2.07. The molecule has 0 bridgehead atoms. The van der Waals surface area contributed by atoms with Crippen molar-refractivity contribution in [2.24, 2.45) is 11.7 Å². The lowest BCUT2D eigenvalue weighted by Crippen LogP contribution is -2.43. The maximum Gasteiger partial charge on any atom is 0.237 e. The predicted octanol–water partition coefficient (Wildman–Crippen LogP) is 1.95. The second-order valence-corrected chi connectivity index (χ2v) is 5.54. The van der Waals surface area contributed by atoms with E-state index < -0.39 is 6.04 Å². The van der Waals surface area contributed by atoms with Gasteiger partial charge in [0.2, 0.25) is 5.91 Å². The van der Waals surface area contributed by atoms with E-state index in [1.54, 1.807) is 12.5 Å². The van der Waals surface area contributed by atoms with Crippen molar-refractivity contribution in [3.8, 4) is 0 Å². The van der Waals surface area contributed by atoms with E-state index in [4.69, 9.17) is 5.73 Å². The highest BCUT2D eigenvalue weighted by atomic mass is 35.5. The Bertz CT molecular complexity index is 566. The summed E-state index contributed by atoms with van der Waals surface area (Å²) in [5.74, 6) is 0.0371. The Hall–Kier alpha value is -1.85. The Labute approximate surface area is 137 Å². The van der Waals surface area contributed by atoms with Gasteiger partial charge in [-0.05, 0) is 17.0 Å². The Balaban J connectivity index is 0.00000242. The van der Waals surface area contributed by atoms with Gasteiger partial charge in [-0.3, -0.25) is 4.79 Å². The molecule has 0 aliphatic heterocycles. The Morgan fingerprint density at radius 2 is 1.91 bits per heavy atom. The monoisotopic (exact) mass is 322 g/mol.